The van der Waals surface area contributed by atoms with Gasteiger partial charge in [0.1, 0.15) is 5.54 Å². The molecule has 0 aromatic carbocycles. The Bertz CT molecular complexity index is 268. The van der Waals surface area contributed by atoms with Gasteiger partial charge in [0, 0.05) is 6.42 Å². The predicted molar refractivity (Wildman–Crippen MR) is 69.4 cm³/mol. The maximum Gasteiger partial charge on any atom is 0.323 e. The zero-order valence-corrected chi connectivity index (χ0v) is 11.2. The Balaban J connectivity index is 3.95. The third-order valence-electron chi connectivity index (χ3n) is 3.19. The van der Waals surface area contributed by atoms with E-state index in [2.05, 4.69) is 6.92 Å². The number of rotatable bonds is 11. The monoisotopic (exact) mass is 259 g/mol. The molecule has 106 valence electrons. The molecule has 1 atom stereocenters. The lowest BCUT2D eigenvalue weighted by Crippen LogP contribution is -2.48. The van der Waals surface area contributed by atoms with Crippen molar-refractivity contribution in [2.24, 2.45) is 5.73 Å². The quantitative estimate of drug-likeness (QED) is 0.494. The first kappa shape index (κ1) is 16.9. The van der Waals surface area contributed by atoms with Crippen LogP contribution in [0.25, 0.3) is 0 Å². The average molecular weight is 259 g/mol. The lowest BCUT2D eigenvalue weighted by molar-refractivity contribution is -0.145. The third-order valence-corrected chi connectivity index (χ3v) is 3.19. The smallest absolute Gasteiger partial charge is 0.323 e. The highest BCUT2D eigenvalue weighted by atomic mass is 16.4. The van der Waals surface area contributed by atoms with Crippen LogP contribution in [0.3, 0.4) is 0 Å². The van der Waals surface area contributed by atoms with Crippen LogP contribution in [0.4, 0.5) is 0 Å². The second kappa shape index (κ2) is 8.91. The highest BCUT2D eigenvalue weighted by Crippen LogP contribution is 2.19. The Hall–Kier alpha value is -1.10. The molecular formula is C13H25NO4. The molecule has 0 fully saturated rings. The van der Waals surface area contributed by atoms with Gasteiger partial charge < -0.3 is 15.9 Å². The fraction of sp³-hybridized carbons (Fsp3) is 0.846. The maximum absolute atomic E-state index is 11.1. The van der Waals surface area contributed by atoms with Gasteiger partial charge in [-0.1, -0.05) is 45.4 Å². The van der Waals surface area contributed by atoms with Gasteiger partial charge in [0.05, 0.1) is 0 Å². The van der Waals surface area contributed by atoms with Crippen LogP contribution in [0.1, 0.15) is 64.7 Å². The third kappa shape index (κ3) is 7.27. The van der Waals surface area contributed by atoms with E-state index in [1.807, 2.05) is 0 Å². The Kier molecular flexibility index (Phi) is 8.37. The zero-order valence-electron chi connectivity index (χ0n) is 11.2. The van der Waals surface area contributed by atoms with Crippen LogP contribution in [0.5, 0.6) is 0 Å². The van der Waals surface area contributed by atoms with E-state index in [-0.39, 0.29) is 12.8 Å². The summed E-state index contributed by atoms with van der Waals surface area (Å²) in [6.07, 6.45) is 6.47. The molecule has 0 heterocycles. The number of carbonyl (C=O) groups is 2. The predicted octanol–water partition coefficient (Wildman–Crippen LogP) is 2.38. The minimum atomic E-state index is -1.39. The van der Waals surface area contributed by atoms with Crippen molar-refractivity contribution in [3.8, 4) is 0 Å². The number of carboxylic acid groups (broad SMARTS) is 2. The number of nitrogens with two attached hydrogens (primary N) is 1. The van der Waals surface area contributed by atoms with Crippen molar-refractivity contribution in [3.05, 3.63) is 0 Å². The summed E-state index contributed by atoms with van der Waals surface area (Å²) in [5.41, 5.74) is 4.38. The van der Waals surface area contributed by atoms with Gasteiger partial charge in [-0.3, -0.25) is 9.59 Å². The molecule has 0 aliphatic heterocycles. The number of unbranched alkanes of at least 4 members (excludes halogenated alkanes) is 5. The van der Waals surface area contributed by atoms with Gasteiger partial charge in [0.15, 0.2) is 0 Å². The van der Waals surface area contributed by atoms with Gasteiger partial charge in [-0.15, -0.1) is 0 Å². The van der Waals surface area contributed by atoms with E-state index in [1.165, 1.54) is 12.8 Å². The molecule has 0 saturated carbocycles. The van der Waals surface area contributed by atoms with Crippen LogP contribution in [-0.2, 0) is 9.59 Å². The molecule has 0 unspecified atom stereocenters. The van der Waals surface area contributed by atoms with Crippen LogP contribution < -0.4 is 5.73 Å². The fourth-order valence-electron chi connectivity index (χ4n) is 1.89. The number of hydrogen-bond acceptors (Lipinski definition) is 3. The summed E-state index contributed by atoms with van der Waals surface area (Å²) in [6, 6.07) is 0. The maximum atomic E-state index is 11.1. The topological polar surface area (TPSA) is 101 Å². The molecule has 5 heteroatoms. The number of hydrogen-bond donors (Lipinski definition) is 3. The summed E-state index contributed by atoms with van der Waals surface area (Å²) in [6.45, 7) is 2.14. The molecule has 4 N–H and O–H groups in total. The van der Waals surface area contributed by atoms with Crippen molar-refractivity contribution in [2.75, 3.05) is 0 Å². The Morgan fingerprint density at radius 3 is 2.06 bits per heavy atom. The summed E-state index contributed by atoms with van der Waals surface area (Å²) in [5, 5.41) is 17.6. The van der Waals surface area contributed by atoms with Gasteiger partial charge in [0.2, 0.25) is 0 Å². The molecule has 0 saturated heterocycles. The summed E-state index contributed by atoms with van der Waals surface area (Å²) in [7, 11) is 0. The van der Waals surface area contributed by atoms with E-state index in [4.69, 9.17) is 15.9 Å². The molecular weight excluding hydrogens is 234 g/mol. The van der Waals surface area contributed by atoms with Crippen LogP contribution in [0.2, 0.25) is 0 Å². The molecule has 0 aliphatic rings. The lowest BCUT2D eigenvalue weighted by atomic mass is 9.88. The van der Waals surface area contributed by atoms with E-state index in [1.54, 1.807) is 0 Å². The number of aliphatic carboxylic acids is 2. The lowest BCUT2D eigenvalue weighted by Gasteiger charge is -2.23. The van der Waals surface area contributed by atoms with Gasteiger partial charge in [-0.05, 0) is 12.8 Å². The van der Waals surface area contributed by atoms with E-state index < -0.39 is 17.5 Å². The minimum Gasteiger partial charge on any atom is -0.481 e. The molecule has 5 nitrogen and oxygen atoms in total. The highest BCUT2D eigenvalue weighted by molar-refractivity contribution is 5.79. The minimum absolute atomic E-state index is 0.00731. The zero-order chi connectivity index (χ0) is 14.0. The second-order valence-corrected chi connectivity index (χ2v) is 4.87. The molecule has 0 aliphatic carbocycles. The fourth-order valence-corrected chi connectivity index (χ4v) is 1.89. The summed E-state index contributed by atoms with van der Waals surface area (Å²) >= 11 is 0. The first-order valence-electron chi connectivity index (χ1n) is 6.66. The van der Waals surface area contributed by atoms with E-state index >= 15 is 0 Å². The second-order valence-electron chi connectivity index (χ2n) is 4.87. The first-order valence-corrected chi connectivity index (χ1v) is 6.66. The molecule has 0 radical (unpaired) electrons. The van der Waals surface area contributed by atoms with Crippen LogP contribution in [0.15, 0.2) is 0 Å². The van der Waals surface area contributed by atoms with E-state index in [0.717, 1.165) is 25.7 Å². The molecule has 0 rings (SSSR count). The van der Waals surface area contributed by atoms with E-state index in [9.17, 15) is 9.59 Å². The van der Waals surface area contributed by atoms with Crippen LogP contribution in [0, 0.1) is 0 Å². The molecule has 0 aromatic rings. The molecule has 0 amide bonds. The summed E-state index contributed by atoms with van der Waals surface area (Å²) in [4.78, 5) is 21.6. The first-order chi connectivity index (χ1) is 8.42. The van der Waals surface area contributed by atoms with Gasteiger partial charge >= 0.3 is 11.9 Å². The van der Waals surface area contributed by atoms with Crippen LogP contribution in [-0.4, -0.2) is 27.7 Å². The van der Waals surface area contributed by atoms with Crippen molar-refractivity contribution in [3.63, 3.8) is 0 Å². The Labute approximate surface area is 108 Å². The number of carboxylic acids is 2. The largest absolute Gasteiger partial charge is 0.481 e. The average Bonchev–Trinajstić information content (AvgIpc) is 2.31. The van der Waals surface area contributed by atoms with Crippen molar-refractivity contribution >= 4 is 11.9 Å². The molecule has 0 aromatic heterocycles. The normalized spacial score (nSPS) is 14.1. The van der Waals surface area contributed by atoms with Crippen molar-refractivity contribution < 1.29 is 19.8 Å². The van der Waals surface area contributed by atoms with Crippen molar-refractivity contribution in [1.29, 1.82) is 0 Å². The summed E-state index contributed by atoms with van der Waals surface area (Å²) < 4.78 is 0. The van der Waals surface area contributed by atoms with Gasteiger partial charge in [0.25, 0.3) is 0 Å². The standard InChI is InChI=1S/C13H25NO4/c1-2-3-4-5-6-7-9-13(14,12(17)18)10-8-11(15)16/h2-10,14H2,1H3,(H,15,16)(H,17,18)/t13-/m0/s1. The van der Waals surface area contributed by atoms with Crippen molar-refractivity contribution in [1.82, 2.24) is 0 Å². The van der Waals surface area contributed by atoms with E-state index in [0.29, 0.717) is 6.42 Å². The van der Waals surface area contributed by atoms with Gasteiger partial charge in [-0.2, -0.15) is 0 Å². The van der Waals surface area contributed by atoms with Crippen LogP contribution >= 0.6 is 0 Å². The Morgan fingerprint density at radius 1 is 1.00 bits per heavy atom. The van der Waals surface area contributed by atoms with Crippen molar-refractivity contribution in [2.45, 2.75) is 70.3 Å². The summed E-state index contributed by atoms with van der Waals surface area (Å²) in [5.74, 6) is -2.11. The molecule has 18 heavy (non-hydrogen) atoms. The highest BCUT2D eigenvalue weighted by Gasteiger charge is 2.33. The SMILES string of the molecule is CCCCCCCC[C@](N)(CCC(=O)O)C(=O)O. The Morgan fingerprint density at radius 2 is 1.56 bits per heavy atom. The molecule has 0 spiro atoms. The van der Waals surface area contributed by atoms with Gasteiger partial charge in [-0.25, -0.2) is 0 Å². The molecule has 0 bridgehead atoms.